The van der Waals surface area contributed by atoms with Gasteiger partial charge in [0.2, 0.25) is 0 Å². The van der Waals surface area contributed by atoms with Crippen LogP contribution in [-0.4, -0.2) is 58.1 Å². The number of carbonyl (C=O) groups is 3. The van der Waals surface area contributed by atoms with E-state index in [1.54, 1.807) is 20.8 Å². The fourth-order valence-corrected chi connectivity index (χ4v) is 4.45. The summed E-state index contributed by atoms with van der Waals surface area (Å²) in [5.74, 6) is -4.23. The van der Waals surface area contributed by atoms with Gasteiger partial charge < -0.3 is 14.2 Å². The maximum atomic E-state index is 13.3. The van der Waals surface area contributed by atoms with Crippen LogP contribution in [0.3, 0.4) is 0 Å². The van der Waals surface area contributed by atoms with Gasteiger partial charge in [-0.1, -0.05) is 0 Å². The molecule has 0 heterocycles. The maximum Gasteiger partial charge on any atom is 0.325 e. The van der Waals surface area contributed by atoms with Crippen LogP contribution >= 0.6 is 15.9 Å². The third-order valence-electron chi connectivity index (χ3n) is 4.43. The van der Waals surface area contributed by atoms with Crippen molar-refractivity contribution in [3.63, 3.8) is 0 Å². The first-order valence-corrected chi connectivity index (χ1v) is 12.4. The molecule has 1 aromatic carbocycles. The Hall–Kier alpha value is -1.78. The number of benzene rings is 1. The molecule has 1 fully saturated rings. The van der Waals surface area contributed by atoms with Crippen LogP contribution in [0.25, 0.3) is 0 Å². The molecule has 1 aliphatic carbocycles. The quantitative estimate of drug-likeness (QED) is 0.201. The van der Waals surface area contributed by atoms with Crippen LogP contribution in [0.4, 0.5) is 0 Å². The average molecular weight is 519 g/mol. The number of halogens is 1. The molecule has 1 aliphatic rings. The van der Waals surface area contributed by atoms with Crippen molar-refractivity contribution in [3.8, 4) is 5.75 Å². The highest BCUT2D eigenvalue weighted by Gasteiger charge is 2.45. The molecular formula is C21H27BrO8S. The third-order valence-corrected chi connectivity index (χ3v) is 6.34. The first kappa shape index (κ1) is 25.5. The second kappa shape index (κ2) is 9.79. The smallest absolute Gasteiger partial charge is 0.325 e. The van der Waals surface area contributed by atoms with Crippen molar-refractivity contribution in [3.05, 3.63) is 22.2 Å². The van der Waals surface area contributed by atoms with E-state index in [0.717, 1.165) is 6.26 Å². The Morgan fingerprint density at radius 3 is 2.26 bits per heavy atom. The molecule has 0 aliphatic heterocycles. The van der Waals surface area contributed by atoms with E-state index < -0.39 is 38.9 Å². The molecule has 0 spiro atoms. The molecule has 1 aromatic rings. The molecule has 0 N–H and O–H groups in total. The number of sulfone groups is 1. The van der Waals surface area contributed by atoms with E-state index in [-0.39, 0.29) is 39.8 Å². The molecule has 2 rings (SSSR count). The van der Waals surface area contributed by atoms with Crippen LogP contribution in [0.2, 0.25) is 0 Å². The standard InChI is InChI=1S/C21H27BrO8S/c1-21(2,3)30-20(25)15(17(23)12-6-7-12)18(24)13-8-9-14(31(5,26)27)19(16(13)22)29-11-10-28-4/h8-9,12,15H,6-7,10-11H2,1-5H3. The summed E-state index contributed by atoms with van der Waals surface area (Å²) in [5.41, 5.74) is -0.921. The number of methoxy groups -OCH3 is 1. The number of Topliss-reactive ketones (excluding diaryl/α,β-unsaturated/α-hetero) is 2. The minimum Gasteiger partial charge on any atom is -0.489 e. The lowest BCUT2D eigenvalue weighted by molar-refractivity contribution is -0.160. The predicted octanol–water partition coefficient (Wildman–Crippen LogP) is 3.00. The Balaban J connectivity index is 2.52. The van der Waals surface area contributed by atoms with Crippen LogP contribution in [0, 0.1) is 11.8 Å². The van der Waals surface area contributed by atoms with Gasteiger partial charge in [-0.25, -0.2) is 8.42 Å². The molecule has 0 saturated heterocycles. The zero-order valence-electron chi connectivity index (χ0n) is 18.2. The van der Waals surface area contributed by atoms with Gasteiger partial charge in [-0.05, 0) is 61.7 Å². The van der Waals surface area contributed by atoms with Crippen molar-refractivity contribution in [2.24, 2.45) is 11.8 Å². The van der Waals surface area contributed by atoms with Crippen LogP contribution in [0.1, 0.15) is 44.0 Å². The Bertz CT molecular complexity index is 974. The number of ketones is 2. The number of esters is 1. The molecule has 0 bridgehead atoms. The number of carbonyl (C=O) groups excluding carboxylic acids is 3. The molecule has 1 unspecified atom stereocenters. The van der Waals surface area contributed by atoms with Gasteiger partial charge in [0.15, 0.2) is 33.1 Å². The topological polar surface area (TPSA) is 113 Å². The van der Waals surface area contributed by atoms with Gasteiger partial charge in [0.05, 0.1) is 11.1 Å². The molecule has 1 atom stereocenters. The van der Waals surface area contributed by atoms with Crippen molar-refractivity contribution in [1.29, 1.82) is 0 Å². The molecule has 172 valence electrons. The molecular weight excluding hydrogens is 492 g/mol. The Kier molecular flexibility index (Phi) is 8.04. The van der Waals surface area contributed by atoms with E-state index in [1.165, 1.54) is 19.2 Å². The summed E-state index contributed by atoms with van der Waals surface area (Å²) >= 11 is 3.24. The minimum absolute atomic E-state index is 0.0335. The van der Waals surface area contributed by atoms with Gasteiger partial charge in [-0.2, -0.15) is 0 Å². The van der Waals surface area contributed by atoms with Gasteiger partial charge in [0, 0.05) is 24.8 Å². The van der Waals surface area contributed by atoms with Crippen LogP contribution in [0.15, 0.2) is 21.5 Å². The summed E-state index contributed by atoms with van der Waals surface area (Å²) in [7, 11) is -2.22. The van der Waals surface area contributed by atoms with Crippen molar-refractivity contribution in [2.45, 2.75) is 44.1 Å². The highest BCUT2D eigenvalue weighted by molar-refractivity contribution is 9.10. The molecule has 10 heteroatoms. The van der Waals surface area contributed by atoms with Crippen molar-refractivity contribution >= 4 is 43.3 Å². The largest absolute Gasteiger partial charge is 0.489 e. The maximum absolute atomic E-state index is 13.3. The van der Waals surface area contributed by atoms with Crippen molar-refractivity contribution in [1.82, 2.24) is 0 Å². The van der Waals surface area contributed by atoms with E-state index in [1.807, 2.05) is 0 Å². The van der Waals surface area contributed by atoms with Gasteiger partial charge in [-0.3, -0.25) is 14.4 Å². The van der Waals surface area contributed by atoms with Crippen LogP contribution in [0.5, 0.6) is 5.75 Å². The van der Waals surface area contributed by atoms with Gasteiger partial charge >= 0.3 is 5.97 Å². The van der Waals surface area contributed by atoms with E-state index in [0.29, 0.717) is 12.8 Å². The van der Waals surface area contributed by atoms with Gasteiger partial charge in [-0.15, -0.1) is 0 Å². The summed E-state index contributed by atoms with van der Waals surface area (Å²) in [6.45, 7) is 5.16. The lowest BCUT2D eigenvalue weighted by atomic mass is 9.91. The monoisotopic (exact) mass is 518 g/mol. The molecule has 8 nitrogen and oxygen atoms in total. The second-order valence-electron chi connectivity index (χ2n) is 8.38. The summed E-state index contributed by atoms with van der Waals surface area (Å²) in [6, 6.07) is 2.49. The number of hydrogen-bond donors (Lipinski definition) is 0. The van der Waals surface area contributed by atoms with Gasteiger partial charge in [0.25, 0.3) is 0 Å². The zero-order chi connectivity index (χ0) is 23.6. The number of ether oxygens (including phenoxy) is 3. The molecule has 0 aromatic heterocycles. The summed E-state index contributed by atoms with van der Waals surface area (Å²) in [5, 5.41) is 0. The number of hydrogen-bond acceptors (Lipinski definition) is 8. The highest BCUT2D eigenvalue weighted by atomic mass is 79.9. The first-order valence-electron chi connectivity index (χ1n) is 9.73. The molecule has 0 amide bonds. The summed E-state index contributed by atoms with van der Waals surface area (Å²) in [4.78, 5) is 38.8. The summed E-state index contributed by atoms with van der Waals surface area (Å²) in [6.07, 6.45) is 2.25. The lowest BCUT2D eigenvalue weighted by Crippen LogP contribution is -2.38. The van der Waals surface area contributed by atoms with Crippen LogP contribution < -0.4 is 4.74 Å². The Morgan fingerprint density at radius 1 is 1.16 bits per heavy atom. The van der Waals surface area contributed by atoms with Crippen molar-refractivity contribution < 1.29 is 37.0 Å². The van der Waals surface area contributed by atoms with E-state index >= 15 is 0 Å². The lowest BCUT2D eigenvalue weighted by Gasteiger charge is -2.23. The molecule has 1 saturated carbocycles. The average Bonchev–Trinajstić information content (AvgIpc) is 3.45. The zero-order valence-corrected chi connectivity index (χ0v) is 20.6. The summed E-state index contributed by atoms with van der Waals surface area (Å²) < 4.78 is 40.2. The van der Waals surface area contributed by atoms with Crippen LogP contribution in [-0.2, 0) is 28.9 Å². The Labute approximate surface area is 190 Å². The highest BCUT2D eigenvalue weighted by Crippen LogP contribution is 2.39. The number of rotatable bonds is 10. The molecule has 31 heavy (non-hydrogen) atoms. The second-order valence-corrected chi connectivity index (χ2v) is 11.2. The molecule has 0 radical (unpaired) electrons. The fourth-order valence-electron chi connectivity index (χ4n) is 2.85. The van der Waals surface area contributed by atoms with E-state index in [2.05, 4.69) is 15.9 Å². The first-order chi connectivity index (χ1) is 14.3. The Morgan fingerprint density at radius 2 is 1.77 bits per heavy atom. The normalized spacial score (nSPS) is 15.3. The SMILES string of the molecule is COCCOc1c(S(C)(=O)=O)ccc(C(=O)C(C(=O)OC(C)(C)C)C(=O)C2CC2)c1Br. The van der Waals surface area contributed by atoms with E-state index in [4.69, 9.17) is 14.2 Å². The predicted molar refractivity (Wildman–Crippen MR) is 116 cm³/mol. The van der Waals surface area contributed by atoms with E-state index in [9.17, 15) is 22.8 Å². The van der Waals surface area contributed by atoms with Gasteiger partial charge in [0.1, 0.15) is 17.1 Å². The minimum atomic E-state index is -3.68. The fraction of sp³-hybridized carbons (Fsp3) is 0.571. The third kappa shape index (κ3) is 6.60. The van der Waals surface area contributed by atoms with Crippen molar-refractivity contribution in [2.75, 3.05) is 26.6 Å².